The molecule has 1 aromatic rings. The third-order valence-electron chi connectivity index (χ3n) is 8.54. The Bertz CT molecular complexity index is 1110. The van der Waals surface area contributed by atoms with E-state index in [9.17, 15) is 14.4 Å². The molecule has 2 unspecified atom stereocenters. The predicted octanol–water partition coefficient (Wildman–Crippen LogP) is 4.30. The molecule has 4 rings (SSSR count). The van der Waals surface area contributed by atoms with Gasteiger partial charge in [0.05, 0.1) is 22.2 Å². The Morgan fingerprint density at radius 1 is 1.21 bits per heavy atom. The van der Waals surface area contributed by atoms with Crippen molar-refractivity contribution in [1.29, 1.82) is 0 Å². The highest BCUT2D eigenvalue weighted by Gasteiger charge is 2.79. The summed E-state index contributed by atoms with van der Waals surface area (Å²) in [7, 11) is 0. The van der Waals surface area contributed by atoms with Crippen LogP contribution in [-0.4, -0.2) is 71.3 Å². The molecule has 2 amide bonds. The first-order chi connectivity index (χ1) is 18.8. The molecule has 2 bridgehead atoms. The van der Waals surface area contributed by atoms with Crippen molar-refractivity contribution in [3.63, 3.8) is 0 Å². The number of halogens is 1. The molecule has 3 saturated heterocycles. The topological polar surface area (TPSA) is 96.4 Å². The summed E-state index contributed by atoms with van der Waals surface area (Å²) in [6.45, 7) is 10.1. The van der Waals surface area contributed by atoms with E-state index in [-0.39, 0.29) is 31.6 Å². The van der Waals surface area contributed by atoms with E-state index in [0.717, 1.165) is 12.8 Å². The number of rotatable bonds is 14. The van der Waals surface area contributed by atoms with Gasteiger partial charge in [-0.15, -0.1) is 6.58 Å². The lowest BCUT2D eigenvalue weighted by molar-refractivity contribution is -0.159. The molecule has 8 nitrogen and oxygen atoms in total. The Hall–Kier alpha value is -2.68. The van der Waals surface area contributed by atoms with E-state index in [1.165, 1.54) is 6.08 Å². The number of hydrogen-bond acceptors (Lipinski definition) is 6. The molecule has 3 fully saturated rings. The molecule has 0 aromatic heterocycles. The number of anilines is 1. The number of amides is 2. The molecular formula is C30H39ClN2O6. The summed E-state index contributed by atoms with van der Waals surface area (Å²) in [6, 6.07) is 6.16. The minimum Gasteiger partial charge on any atom is -0.461 e. The number of benzene rings is 1. The fourth-order valence-electron chi connectivity index (χ4n) is 6.83. The number of esters is 1. The van der Waals surface area contributed by atoms with E-state index in [1.807, 2.05) is 6.92 Å². The first kappa shape index (κ1) is 29.3. The largest absolute Gasteiger partial charge is 0.461 e. The van der Waals surface area contributed by atoms with Gasteiger partial charge in [-0.1, -0.05) is 62.2 Å². The van der Waals surface area contributed by atoms with Crippen molar-refractivity contribution >= 4 is 35.1 Å². The predicted molar refractivity (Wildman–Crippen MR) is 149 cm³/mol. The Morgan fingerprint density at radius 3 is 2.62 bits per heavy atom. The molecule has 1 spiro atoms. The minimum atomic E-state index is -1.15. The Morgan fingerprint density at radius 2 is 1.95 bits per heavy atom. The highest BCUT2D eigenvalue weighted by Crippen LogP contribution is 2.64. The summed E-state index contributed by atoms with van der Waals surface area (Å²) in [5.74, 6) is -2.65. The van der Waals surface area contributed by atoms with Crippen LogP contribution in [-0.2, 0) is 23.9 Å². The molecule has 3 aliphatic rings. The summed E-state index contributed by atoms with van der Waals surface area (Å²) >= 11 is 6.52. The van der Waals surface area contributed by atoms with Crippen LogP contribution >= 0.6 is 11.6 Å². The second-order valence-corrected chi connectivity index (χ2v) is 11.0. The maximum atomic E-state index is 14.5. The second kappa shape index (κ2) is 12.2. The lowest BCUT2D eigenvalue weighted by Gasteiger charge is -2.37. The fourth-order valence-corrected chi connectivity index (χ4v) is 7.07. The number of likely N-dealkylation sites (tertiary alicyclic amines) is 1. The van der Waals surface area contributed by atoms with Crippen molar-refractivity contribution < 1.29 is 29.0 Å². The van der Waals surface area contributed by atoms with Crippen LogP contribution in [0.1, 0.15) is 51.9 Å². The molecule has 39 heavy (non-hydrogen) atoms. The molecular weight excluding hydrogens is 520 g/mol. The van der Waals surface area contributed by atoms with Crippen molar-refractivity contribution in [1.82, 2.24) is 4.90 Å². The molecule has 5 atom stereocenters. The third-order valence-corrected chi connectivity index (χ3v) is 8.86. The van der Waals surface area contributed by atoms with Gasteiger partial charge >= 0.3 is 5.97 Å². The van der Waals surface area contributed by atoms with Gasteiger partial charge in [0.25, 0.3) is 5.91 Å². The SMILES string of the molecule is C=CCOC(=O)[C@H]1[C@H]2C(=O)N(CCCCCCO)C(C(=O)N(CC=C)c3ccccc3Cl)C23CC[C@]1(CC)O3. The zero-order valence-corrected chi connectivity index (χ0v) is 23.4. The number of carbonyl (C=O) groups is 3. The third kappa shape index (κ3) is 5.03. The maximum absolute atomic E-state index is 14.5. The minimum absolute atomic E-state index is 0.0413. The molecule has 0 saturated carbocycles. The number of carbonyl (C=O) groups excluding carboxylic acids is 3. The van der Waals surface area contributed by atoms with Gasteiger partial charge in [-0.05, 0) is 44.2 Å². The molecule has 1 aromatic carbocycles. The normalized spacial score (nSPS) is 28.8. The van der Waals surface area contributed by atoms with E-state index >= 15 is 0 Å². The van der Waals surface area contributed by atoms with E-state index in [2.05, 4.69) is 13.2 Å². The first-order valence-corrected chi connectivity index (χ1v) is 14.3. The zero-order chi connectivity index (χ0) is 28.2. The summed E-state index contributed by atoms with van der Waals surface area (Å²) in [4.78, 5) is 45.3. The second-order valence-electron chi connectivity index (χ2n) is 10.6. The van der Waals surface area contributed by atoms with Crippen LogP contribution in [0.4, 0.5) is 5.69 Å². The highest BCUT2D eigenvalue weighted by molar-refractivity contribution is 6.34. The van der Waals surface area contributed by atoms with Crippen LogP contribution in [0.3, 0.4) is 0 Å². The number of nitrogens with zero attached hydrogens (tertiary/aromatic N) is 2. The Labute approximate surface area is 235 Å². The summed E-state index contributed by atoms with van der Waals surface area (Å²) in [5.41, 5.74) is -1.48. The molecule has 212 valence electrons. The molecule has 9 heteroatoms. The monoisotopic (exact) mass is 558 g/mol. The van der Waals surface area contributed by atoms with Crippen LogP contribution in [0, 0.1) is 11.8 Å². The van der Waals surface area contributed by atoms with Gasteiger partial charge < -0.3 is 24.4 Å². The number of aliphatic hydroxyl groups excluding tert-OH is 1. The summed E-state index contributed by atoms with van der Waals surface area (Å²) in [6.07, 6.45) is 7.66. The average Bonchev–Trinajstić information content (AvgIpc) is 3.54. The highest BCUT2D eigenvalue weighted by atomic mass is 35.5. The van der Waals surface area contributed by atoms with Gasteiger partial charge in [0.15, 0.2) is 0 Å². The van der Waals surface area contributed by atoms with E-state index in [4.69, 9.17) is 26.2 Å². The van der Waals surface area contributed by atoms with E-state index in [0.29, 0.717) is 49.4 Å². The number of para-hydroxylation sites is 1. The molecule has 3 aliphatic heterocycles. The van der Waals surface area contributed by atoms with Crippen molar-refractivity contribution in [2.24, 2.45) is 11.8 Å². The molecule has 0 aliphatic carbocycles. The lowest BCUT2D eigenvalue weighted by atomic mass is 9.65. The zero-order valence-electron chi connectivity index (χ0n) is 22.6. The van der Waals surface area contributed by atoms with Crippen molar-refractivity contribution in [2.75, 3.05) is 31.2 Å². The maximum Gasteiger partial charge on any atom is 0.313 e. The molecule has 0 radical (unpaired) electrons. The molecule has 1 N–H and O–H groups in total. The number of aliphatic hydroxyl groups is 1. The molecule has 3 heterocycles. The quantitative estimate of drug-likeness (QED) is 0.208. The van der Waals surface area contributed by atoms with Crippen LogP contribution in [0.25, 0.3) is 0 Å². The van der Waals surface area contributed by atoms with Crippen molar-refractivity contribution in [3.8, 4) is 0 Å². The van der Waals surface area contributed by atoms with Gasteiger partial charge in [-0.2, -0.15) is 0 Å². The van der Waals surface area contributed by atoms with Gasteiger partial charge in [0, 0.05) is 19.7 Å². The van der Waals surface area contributed by atoms with E-state index < -0.39 is 35.0 Å². The first-order valence-electron chi connectivity index (χ1n) is 13.9. The van der Waals surface area contributed by atoms with E-state index in [1.54, 1.807) is 40.1 Å². The van der Waals surface area contributed by atoms with Crippen LogP contribution in [0.15, 0.2) is 49.6 Å². The average molecular weight is 559 g/mol. The fraction of sp³-hybridized carbons (Fsp3) is 0.567. The van der Waals surface area contributed by atoms with Gasteiger partial charge in [-0.25, -0.2) is 0 Å². The van der Waals surface area contributed by atoms with Crippen LogP contribution in [0.5, 0.6) is 0 Å². The number of ether oxygens (including phenoxy) is 2. The Kier molecular flexibility index (Phi) is 9.19. The summed E-state index contributed by atoms with van der Waals surface area (Å²) in [5, 5.41) is 9.56. The van der Waals surface area contributed by atoms with Crippen molar-refractivity contribution in [2.45, 2.75) is 69.1 Å². The summed E-state index contributed by atoms with van der Waals surface area (Å²) < 4.78 is 12.3. The standard InChI is InChI=1S/C30H39ClN2O6/c1-4-17-32(22-14-10-9-13-21(22)31)27(36)25-30-16-15-29(6-3,39-30)24(28(37)38-20-5-2)23(30)26(35)33(25)18-11-7-8-12-19-34/h4-5,9-10,13-14,23-25,34H,1-2,6-8,11-12,15-20H2,3H3/t23-,24+,25?,29-,30?/m0/s1. The number of fused-ring (bicyclic) bond motifs is 1. The number of unbranched alkanes of at least 4 members (excludes halogenated alkanes) is 3. The van der Waals surface area contributed by atoms with Crippen molar-refractivity contribution in [3.05, 3.63) is 54.6 Å². The van der Waals surface area contributed by atoms with Gasteiger partial charge in [0.2, 0.25) is 5.91 Å². The van der Waals surface area contributed by atoms with Crippen LogP contribution in [0.2, 0.25) is 5.02 Å². The van der Waals surface area contributed by atoms with Gasteiger partial charge in [0.1, 0.15) is 24.2 Å². The smallest absolute Gasteiger partial charge is 0.313 e. The van der Waals surface area contributed by atoms with Gasteiger partial charge in [-0.3, -0.25) is 14.4 Å². The Balaban J connectivity index is 1.76. The lowest BCUT2D eigenvalue weighted by Crippen LogP contribution is -2.56. The van der Waals surface area contributed by atoms with Crippen LogP contribution < -0.4 is 4.90 Å². The number of hydrogen-bond donors (Lipinski definition) is 1.